The zero-order valence-electron chi connectivity index (χ0n) is 11.5. The molecule has 0 atom stereocenters. The van der Waals surface area contributed by atoms with Crippen molar-refractivity contribution in [2.24, 2.45) is 7.05 Å². The van der Waals surface area contributed by atoms with Crippen LogP contribution in [0.5, 0.6) is 0 Å². The lowest BCUT2D eigenvalue weighted by Crippen LogP contribution is -2.28. The summed E-state index contributed by atoms with van der Waals surface area (Å²) in [6.45, 7) is -0.166. The number of fused-ring (bicyclic) bond motifs is 1. The van der Waals surface area contributed by atoms with Crippen molar-refractivity contribution in [1.29, 1.82) is 0 Å². The Labute approximate surface area is 129 Å². The Balaban J connectivity index is 1.80. The van der Waals surface area contributed by atoms with E-state index in [4.69, 9.17) is 11.6 Å². The van der Waals surface area contributed by atoms with Gasteiger partial charge in [-0.15, -0.1) is 0 Å². The molecule has 8 nitrogen and oxygen atoms in total. The Hall–Kier alpha value is -2.74. The third kappa shape index (κ3) is 2.68. The van der Waals surface area contributed by atoms with Crippen LogP contribution in [0.3, 0.4) is 0 Å². The van der Waals surface area contributed by atoms with Crippen molar-refractivity contribution in [3.05, 3.63) is 46.2 Å². The van der Waals surface area contributed by atoms with E-state index in [0.29, 0.717) is 21.9 Å². The molecule has 3 heterocycles. The van der Waals surface area contributed by atoms with Crippen LogP contribution in [0.1, 0.15) is 0 Å². The topological polar surface area (TPSA) is 94.7 Å². The third-order valence-corrected chi connectivity index (χ3v) is 3.25. The van der Waals surface area contributed by atoms with E-state index in [1.807, 2.05) is 0 Å². The molecule has 0 aliphatic rings. The molecule has 0 radical (unpaired) electrons. The smallest absolute Gasteiger partial charge is 0.264 e. The van der Waals surface area contributed by atoms with E-state index in [-0.39, 0.29) is 18.0 Å². The van der Waals surface area contributed by atoms with Gasteiger partial charge in [0.2, 0.25) is 5.91 Å². The van der Waals surface area contributed by atoms with Crippen LogP contribution < -0.4 is 10.9 Å². The molecule has 0 aliphatic carbocycles. The molecule has 0 bridgehead atoms. The second kappa shape index (κ2) is 5.57. The number of carbonyl (C=O) groups excluding carboxylic acids is 1. The number of rotatable bonds is 3. The average Bonchev–Trinajstić information content (AvgIpc) is 2.87. The van der Waals surface area contributed by atoms with Gasteiger partial charge in [0.1, 0.15) is 24.1 Å². The average molecular weight is 319 g/mol. The summed E-state index contributed by atoms with van der Waals surface area (Å²) in [5.41, 5.74) is 0.151. The van der Waals surface area contributed by atoms with E-state index in [0.717, 1.165) is 0 Å². The summed E-state index contributed by atoms with van der Waals surface area (Å²) in [4.78, 5) is 32.3. The summed E-state index contributed by atoms with van der Waals surface area (Å²) in [5, 5.41) is 7.39. The normalized spacial score (nSPS) is 10.8. The van der Waals surface area contributed by atoms with Crippen LogP contribution >= 0.6 is 11.6 Å². The summed E-state index contributed by atoms with van der Waals surface area (Å²) < 4.78 is 2.72. The highest BCUT2D eigenvalue weighted by Crippen LogP contribution is 2.09. The van der Waals surface area contributed by atoms with Crippen molar-refractivity contribution >= 4 is 34.4 Å². The summed E-state index contributed by atoms with van der Waals surface area (Å²) in [7, 11) is 1.69. The molecule has 0 spiro atoms. The highest BCUT2D eigenvalue weighted by atomic mass is 35.5. The Bertz CT molecular complexity index is 899. The van der Waals surface area contributed by atoms with Gasteiger partial charge in [-0.25, -0.2) is 9.97 Å². The number of halogens is 1. The molecule has 1 N–H and O–H groups in total. The molecule has 3 aromatic heterocycles. The van der Waals surface area contributed by atoms with Gasteiger partial charge in [-0.05, 0) is 12.1 Å². The standard InChI is InChI=1S/C13H11ClN6O2/c1-19-12-9(5-17-19)13(22)20(7-16-12)6-11(21)18-10-3-2-8(14)4-15-10/h2-5,7H,6H2,1H3,(H,15,18,21). The summed E-state index contributed by atoms with van der Waals surface area (Å²) in [5.74, 6) is -0.0279. The highest BCUT2D eigenvalue weighted by Gasteiger charge is 2.11. The second-order valence-corrected chi connectivity index (χ2v) is 5.03. The first kappa shape index (κ1) is 14.2. The van der Waals surface area contributed by atoms with Crippen LogP contribution in [-0.2, 0) is 18.4 Å². The van der Waals surface area contributed by atoms with Gasteiger partial charge in [0.05, 0.1) is 11.2 Å². The maximum atomic E-state index is 12.2. The molecule has 1 amide bonds. The number of nitrogens with one attached hydrogen (secondary N) is 1. The molecule has 0 saturated heterocycles. The molecule has 0 aliphatic heterocycles. The van der Waals surface area contributed by atoms with Gasteiger partial charge in [0.15, 0.2) is 5.65 Å². The van der Waals surface area contributed by atoms with Crippen LogP contribution in [0.25, 0.3) is 11.0 Å². The maximum absolute atomic E-state index is 12.2. The lowest BCUT2D eigenvalue weighted by atomic mass is 10.4. The predicted octanol–water partition coefficient (Wildman–Crippen LogP) is 0.817. The van der Waals surface area contributed by atoms with E-state index in [2.05, 4.69) is 20.4 Å². The minimum absolute atomic E-state index is 0.166. The molecule has 3 rings (SSSR count). The highest BCUT2D eigenvalue weighted by molar-refractivity contribution is 6.30. The lowest BCUT2D eigenvalue weighted by molar-refractivity contribution is -0.116. The van der Waals surface area contributed by atoms with Crippen molar-refractivity contribution in [3.63, 3.8) is 0 Å². The first-order chi connectivity index (χ1) is 10.5. The quantitative estimate of drug-likeness (QED) is 0.771. The fraction of sp³-hybridized carbons (Fsp3) is 0.154. The van der Waals surface area contributed by atoms with Crippen molar-refractivity contribution in [3.8, 4) is 0 Å². The minimum atomic E-state index is -0.387. The van der Waals surface area contributed by atoms with Gasteiger partial charge in [0.25, 0.3) is 5.56 Å². The maximum Gasteiger partial charge on any atom is 0.264 e. The lowest BCUT2D eigenvalue weighted by Gasteiger charge is -2.06. The van der Waals surface area contributed by atoms with Crippen molar-refractivity contribution in [1.82, 2.24) is 24.3 Å². The number of carbonyl (C=O) groups is 1. The fourth-order valence-corrected chi connectivity index (χ4v) is 2.08. The molecule has 0 saturated carbocycles. The number of nitrogens with zero attached hydrogens (tertiary/aromatic N) is 5. The molecule has 3 aromatic rings. The van der Waals surface area contributed by atoms with E-state index in [9.17, 15) is 9.59 Å². The second-order valence-electron chi connectivity index (χ2n) is 4.59. The first-order valence-corrected chi connectivity index (χ1v) is 6.71. The number of hydrogen-bond donors (Lipinski definition) is 1. The van der Waals surface area contributed by atoms with E-state index >= 15 is 0 Å². The van der Waals surface area contributed by atoms with Gasteiger partial charge < -0.3 is 5.32 Å². The molecular formula is C13H11ClN6O2. The molecule has 0 fully saturated rings. The third-order valence-electron chi connectivity index (χ3n) is 3.03. The zero-order chi connectivity index (χ0) is 15.7. The monoisotopic (exact) mass is 318 g/mol. The number of hydrogen-bond acceptors (Lipinski definition) is 5. The van der Waals surface area contributed by atoms with Crippen molar-refractivity contribution in [2.45, 2.75) is 6.54 Å². The Morgan fingerprint density at radius 2 is 2.14 bits per heavy atom. The largest absolute Gasteiger partial charge is 0.309 e. The Morgan fingerprint density at radius 3 is 2.86 bits per heavy atom. The summed E-state index contributed by atoms with van der Waals surface area (Å²) in [6, 6.07) is 3.19. The van der Waals surface area contributed by atoms with Crippen molar-refractivity contribution < 1.29 is 4.79 Å². The summed E-state index contributed by atoms with van der Waals surface area (Å²) >= 11 is 5.72. The van der Waals surface area contributed by atoms with Gasteiger partial charge in [-0.1, -0.05) is 11.6 Å². The molecular weight excluding hydrogens is 308 g/mol. The van der Waals surface area contributed by atoms with E-state index < -0.39 is 0 Å². The number of pyridine rings is 1. The van der Waals surface area contributed by atoms with Gasteiger partial charge in [-0.3, -0.25) is 18.8 Å². The number of anilines is 1. The van der Waals surface area contributed by atoms with Crippen molar-refractivity contribution in [2.75, 3.05) is 5.32 Å². The number of amides is 1. The van der Waals surface area contributed by atoms with Crippen LogP contribution in [0.2, 0.25) is 5.02 Å². The van der Waals surface area contributed by atoms with Gasteiger partial charge in [-0.2, -0.15) is 5.10 Å². The van der Waals surface area contributed by atoms with Crippen LogP contribution in [0, 0.1) is 0 Å². The van der Waals surface area contributed by atoms with E-state index in [1.165, 1.54) is 28.0 Å². The molecule has 0 aromatic carbocycles. The van der Waals surface area contributed by atoms with Crippen LogP contribution in [0.4, 0.5) is 5.82 Å². The Morgan fingerprint density at radius 1 is 1.32 bits per heavy atom. The van der Waals surface area contributed by atoms with Gasteiger partial charge in [0, 0.05) is 13.2 Å². The van der Waals surface area contributed by atoms with Gasteiger partial charge >= 0.3 is 0 Å². The molecule has 9 heteroatoms. The fourth-order valence-electron chi connectivity index (χ4n) is 1.97. The first-order valence-electron chi connectivity index (χ1n) is 6.33. The minimum Gasteiger partial charge on any atom is -0.309 e. The molecule has 112 valence electrons. The Kier molecular flexibility index (Phi) is 3.60. The summed E-state index contributed by atoms with van der Waals surface area (Å²) in [6.07, 6.45) is 4.17. The van der Waals surface area contributed by atoms with Crippen LogP contribution in [0.15, 0.2) is 35.6 Å². The molecule has 22 heavy (non-hydrogen) atoms. The number of aryl methyl sites for hydroxylation is 1. The molecule has 0 unspecified atom stereocenters. The van der Waals surface area contributed by atoms with Crippen LogP contribution in [-0.4, -0.2) is 30.2 Å². The predicted molar refractivity (Wildman–Crippen MR) is 80.6 cm³/mol. The number of aromatic nitrogens is 5. The zero-order valence-corrected chi connectivity index (χ0v) is 12.3. The SMILES string of the molecule is Cn1ncc2c(=O)n(CC(=O)Nc3ccc(Cl)cn3)cnc21. The van der Waals surface area contributed by atoms with E-state index in [1.54, 1.807) is 19.2 Å².